The number of sulfone groups is 1. The number of aromatic nitrogens is 1. The third-order valence-electron chi connectivity index (χ3n) is 2.87. The topological polar surface area (TPSA) is 102 Å². The molecular formula is C11H14ClN3O3S. The summed E-state index contributed by atoms with van der Waals surface area (Å²) in [5.41, 5.74) is 5.78. The second-order valence-corrected chi connectivity index (χ2v) is 7.15. The predicted octanol–water partition coefficient (Wildman–Crippen LogP) is 0.624. The molecule has 0 saturated carbocycles. The number of hydrogen-bond donors (Lipinski definition) is 2. The fraction of sp³-hybridized carbons (Fsp3) is 0.455. The number of nitrogens with one attached hydrogen (secondary N) is 1. The third-order valence-corrected chi connectivity index (χ3v) is 4.89. The molecule has 1 aromatic rings. The van der Waals surface area contributed by atoms with Gasteiger partial charge in [0.25, 0.3) is 5.91 Å². The van der Waals surface area contributed by atoms with E-state index < -0.39 is 15.7 Å². The maximum Gasteiger partial charge on any atom is 0.251 e. The number of pyridine rings is 1. The molecule has 0 spiro atoms. The lowest BCUT2D eigenvalue weighted by molar-refractivity contribution is 0.0938. The number of carbonyl (C=O) groups excluding carboxylic acids is 1. The Kier molecular flexibility index (Phi) is 3.96. The van der Waals surface area contributed by atoms with Gasteiger partial charge in [-0.3, -0.25) is 4.79 Å². The summed E-state index contributed by atoms with van der Waals surface area (Å²) in [6.07, 6.45) is 1.21. The summed E-state index contributed by atoms with van der Waals surface area (Å²) in [5, 5.41) is 2.81. The number of rotatable bonds is 2. The quantitative estimate of drug-likeness (QED) is 0.780. The average Bonchev–Trinajstić information content (AvgIpc) is 2.26. The van der Waals surface area contributed by atoms with E-state index in [0.29, 0.717) is 12.8 Å². The zero-order valence-electron chi connectivity index (χ0n) is 10.1. The predicted molar refractivity (Wildman–Crippen MR) is 72.8 cm³/mol. The Morgan fingerprint density at radius 3 is 2.84 bits per heavy atom. The summed E-state index contributed by atoms with van der Waals surface area (Å²) in [5.74, 6) is -0.0764. The number of nitrogens with zero attached hydrogens (tertiary/aromatic N) is 1. The normalized spacial score (nSPS) is 21.8. The highest BCUT2D eigenvalue weighted by atomic mass is 35.5. The van der Waals surface area contributed by atoms with E-state index in [1.807, 2.05) is 0 Å². The van der Waals surface area contributed by atoms with Crippen LogP contribution in [0.2, 0.25) is 5.15 Å². The van der Waals surface area contributed by atoms with Gasteiger partial charge in [-0.25, -0.2) is 13.4 Å². The van der Waals surface area contributed by atoms with Gasteiger partial charge in [-0.15, -0.1) is 0 Å². The van der Waals surface area contributed by atoms with Gasteiger partial charge in [0.15, 0.2) is 9.84 Å². The zero-order valence-corrected chi connectivity index (χ0v) is 11.7. The molecule has 1 unspecified atom stereocenters. The summed E-state index contributed by atoms with van der Waals surface area (Å²) in [4.78, 5) is 15.7. The molecule has 0 radical (unpaired) electrons. The zero-order chi connectivity index (χ0) is 14.0. The van der Waals surface area contributed by atoms with E-state index >= 15 is 0 Å². The lowest BCUT2D eigenvalue weighted by atomic mass is 10.1. The van der Waals surface area contributed by atoms with Gasteiger partial charge in [-0.05, 0) is 25.0 Å². The first-order chi connectivity index (χ1) is 8.85. The van der Waals surface area contributed by atoms with Crippen LogP contribution in [0.3, 0.4) is 0 Å². The van der Waals surface area contributed by atoms with Crippen LogP contribution in [-0.4, -0.2) is 36.9 Å². The van der Waals surface area contributed by atoms with Gasteiger partial charge in [0.2, 0.25) is 0 Å². The smallest absolute Gasteiger partial charge is 0.251 e. The van der Waals surface area contributed by atoms with Crippen LogP contribution < -0.4 is 11.1 Å². The number of halogens is 1. The first-order valence-electron chi connectivity index (χ1n) is 5.80. The van der Waals surface area contributed by atoms with E-state index in [-0.39, 0.29) is 34.1 Å². The van der Waals surface area contributed by atoms with E-state index in [1.165, 1.54) is 12.1 Å². The molecule has 8 heteroatoms. The van der Waals surface area contributed by atoms with Crippen LogP contribution in [-0.2, 0) is 9.84 Å². The molecule has 1 aromatic heterocycles. The number of anilines is 1. The molecule has 1 aliphatic heterocycles. The molecule has 3 N–H and O–H groups in total. The van der Waals surface area contributed by atoms with Crippen molar-refractivity contribution in [3.8, 4) is 0 Å². The molecule has 1 saturated heterocycles. The lowest BCUT2D eigenvalue weighted by Crippen LogP contribution is -2.43. The van der Waals surface area contributed by atoms with E-state index in [2.05, 4.69) is 10.3 Å². The van der Waals surface area contributed by atoms with Crippen molar-refractivity contribution < 1.29 is 13.2 Å². The van der Waals surface area contributed by atoms with Crippen molar-refractivity contribution in [3.63, 3.8) is 0 Å². The van der Waals surface area contributed by atoms with Gasteiger partial charge in [0, 0.05) is 11.6 Å². The fourth-order valence-electron chi connectivity index (χ4n) is 2.05. The molecule has 1 atom stereocenters. The fourth-order valence-corrected chi connectivity index (χ4v) is 3.91. The molecule has 0 aromatic carbocycles. The molecule has 104 valence electrons. The number of amides is 1. The Morgan fingerprint density at radius 1 is 1.47 bits per heavy atom. The molecule has 1 amide bonds. The number of hydrogen-bond acceptors (Lipinski definition) is 5. The first-order valence-corrected chi connectivity index (χ1v) is 8.00. The van der Waals surface area contributed by atoms with Crippen LogP contribution in [0.25, 0.3) is 0 Å². The molecule has 2 heterocycles. The molecule has 1 fully saturated rings. The van der Waals surface area contributed by atoms with Gasteiger partial charge >= 0.3 is 0 Å². The van der Waals surface area contributed by atoms with Crippen LogP contribution in [0, 0.1) is 0 Å². The second-order valence-electron chi connectivity index (χ2n) is 4.53. The summed E-state index contributed by atoms with van der Waals surface area (Å²) >= 11 is 5.72. The van der Waals surface area contributed by atoms with Crippen molar-refractivity contribution in [1.29, 1.82) is 0 Å². The van der Waals surface area contributed by atoms with Crippen molar-refractivity contribution in [2.24, 2.45) is 0 Å². The van der Waals surface area contributed by atoms with Gasteiger partial charge in [-0.1, -0.05) is 11.6 Å². The summed E-state index contributed by atoms with van der Waals surface area (Å²) in [6, 6.07) is 2.43. The monoisotopic (exact) mass is 303 g/mol. The molecule has 19 heavy (non-hydrogen) atoms. The molecule has 0 bridgehead atoms. The molecular weight excluding hydrogens is 290 g/mol. The standard InChI is InChI=1S/C11H14ClN3O3S/c12-9-4-7(5-10(13)15-9)11(16)14-8-2-1-3-19(17,18)6-8/h4-5,8H,1-3,6H2,(H2,13,15)(H,14,16). The van der Waals surface area contributed by atoms with E-state index in [0.717, 1.165) is 0 Å². The van der Waals surface area contributed by atoms with Gasteiger partial charge in [0.1, 0.15) is 11.0 Å². The van der Waals surface area contributed by atoms with E-state index in [1.54, 1.807) is 0 Å². The van der Waals surface area contributed by atoms with E-state index in [9.17, 15) is 13.2 Å². The minimum Gasteiger partial charge on any atom is -0.384 e. The number of carbonyl (C=O) groups is 1. The maximum atomic E-state index is 12.0. The highest BCUT2D eigenvalue weighted by Gasteiger charge is 2.26. The van der Waals surface area contributed by atoms with Crippen LogP contribution in [0.1, 0.15) is 23.2 Å². The Labute approximate surface area is 116 Å². The number of nitrogens with two attached hydrogens (primary N) is 1. The van der Waals surface area contributed by atoms with Crippen LogP contribution in [0.5, 0.6) is 0 Å². The summed E-state index contributed by atoms with van der Waals surface area (Å²) < 4.78 is 23.0. The van der Waals surface area contributed by atoms with Crippen molar-refractivity contribution in [2.45, 2.75) is 18.9 Å². The number of nitrogen functional groups attached to an aromatic ring is 1. The summed E-state index contributed by atoms with van der Waals surface area (Å²) in [7, 11) is -3.05. The van der Waals surface area contributed by atoms with Gasteiger partial charge in [0.05, 0.1) is 11.5 Å². The SMILES string of the molecule is Nc1cc(C(=O)NC2CCCS(=O)(=O)C2)cc(Cl)n1. The second kappa shape index (κ2) is 5.34. The maximum absolute atomic E-state index is 12.0. The largest absolute Gasteiger partial charge is 0.384 e. The molecule has 6 nitrogen and oxygen atoms in total. The average molecular weight is 304 g/mol. The van der Waals surface area contributed by atoms with Crippen molar-refractivity contribution >= 4 is 33.2 Å². The van der Waals surface area contributed by atoms with Crippen LogP contribution >= 0.6 is 11.6 Å². The third kappa shape index (κ3) is 3.81. The first kappa shape index (κ1) is 14.1. The molecule has 1 aliphatic rings. The summed E-state index contributed by atoms with van der Waals surface area (Å²) in [6.45, 7) is 0. The Bertz CT molecular complexity index is 583. The highest BCUT2D eigenvalue weighted by molar-refractivity contribution is 7.91. The highest BCUT2D eigenvalue weighted by Crippen LogP contribution is 2.15. The molecule has 2 rings (SSSR count). The molecule has 0 aliphatic carbocycles. The lowest BCUT2D eigenvalue weighted by Gasteiger charge is -2.23. The van der Waals surface area contributed by atoms with Crippen molar-refractivity contribution in [1.82, 2.24) is 10.3 Å². The Morgan fingerprint density at radius 2 is 2.21 bits per heavy atom. The van der Waals surface area contributed by atoms with Gasteiger partial charge < -0.3 is 11.1 Å². The van der Waals surface area contributed by atoms with Crippen molar-refractivity contribution in [2.75, 3.05) is 17.2 Å². The van der Waals surface area contributed by atoms with Crippen LogP contribution in [0.15, 0.2) is 12.1 Å². The minimum absolute atomic E-state index is 0.0208. The van der Waals surface area contributed by atoms with Gasteiger partial charge in [-0.2, -0.15) is 0 Å². The van der Waals surface area contributed by atoms with Crippen LogP contribution in [0.4, 0.5) is 5.82 Å². The van der Waals surface area contributed by atoms with E-state index in [4.69, 9.17) is 17.3 Å². The Hall–Kier alpha value is -1.34. The Balaban J connectivity index is 2.08. The minimum atomic E-state index is -3.05. The van der Waals surface area contributed by atoms with Crippen molar-refractivity contribution in [3.05, 3.63) is 22.8 Å².